The molecule has 0 aromatic carbocycles. The van der Waals surface area contributed by atoms with Gasteiger partial charge in [0.2, 0.25) is 0 Å². The molecule has 1 heterocycles. The Hall–Kier alpha value is -0.0900. The Balaban J connectivity index is 2.92. The van der Waals surface area contributed by atoms with Gasteiger partial charge in [0, 0.05) is 4.88 Å². The van der Waals surface area contributed by atoms with E-state index in [1.807, 2.05) is 6.07 Å². The van der Waals surface area contributed by atoms with Gasteiger partial charge in [0.25, 0.3) is 0 Å². The van der Waals surface area contributed by atoms with Crippen molar-refractivity contribution in [2.24, 2.45) is 5.73 Å². The molecule has 0 radical (unpaired) electrons. The molecule has 0 saturated carbocycles. The Kier molecular flexibility index (Phi) is 2.54. The maximum atomic E-state index is 8.90. The monoisotopic (exact) mass is 191 g/mol. The molecule has 1 atom stereocenters. The Morgan fingerprint density at radius 1 is 1.73 bits per heavy atom. The van der Waals surface area contributed by atoms with Crippen molar-refractivity contribution in [3.63, 3.8) is 0 Å². The van der Waals surface area contributed by atoms with Gasteiger partial charge in [-0.1, -0.05) is 11.6 Å². The van der Waals surface area contributed by atoms with Crippen LogP contribution in [-0.4, -0.2) is 11.7 Å². The molecule has 62 valence electrons. The third-order valence-corrected chi connectivity index (χ3v) is 2.98. The number of aliphatic hydroxyl groups is 1. The number of aliphatic hydroxyl groups excluding tert-OH is 1. The van der Waals surface area contributed by atoms with Crippen LogP contribution in [0.3, 0.4) is 0 Å². The van der Waals surface area contributed by atoms with Crippen molar-refractivity contribution < 1.29 is 5.11 Å². The van der Waals surface area contributed by atoms with Crippen LogP contribution in [0, 0.1) is 0 Å². The maximum absolute atomic E-state index is 8.90. The third-order valence-electron chi connectivity index (χ3n) is 1.46. The molecule has 0 bridgehead atoms. The molecule has 1 rings (SSSR count). The number of rotatable bonds is 2. The lowest BCUT2D eigenvalue weighted by atomic mass is 10.0. The normalized spacial score (nSPS) is 16.4. The van der Waals surface area contributed by atoms with Gasteiger partial charge in [-0.25, -0.2) is 0 Å². The average Bonchev–Trinajstić information content (AvgIpc) is 2.36. The van der Waals surface area contributed by atoms with Crippen LogP contribution in [0.1, 0.15) is 11.8 Å². The summed E-state index contributed by atoms with van der Waals surface area (Å²) in [7, 11) is 0. The first-order valence-electron chi connectivity index (χ1n) is 3.22. The van der Waals surface area contributed by atoms with E-state index in [9.17, 15) is 0 Å². The van der Waals surface area contributed by atoms with E-state index in [-0.39, 0.29) is 6.61 Å². The van der Waals surface area contributed by atoms with E-state index in [2.05, 4.69) is 0 Å². The van der Waals surface area contributed by atoms with Gasteiger partial charge < -0.3 is 10.8 Å². The number of nitrogens with two attached hydrogens (primary N) is 1. The van der Waals surface area contributed by atoms with Gasteiger partial charge in [0.05, 0.1) is 16.5 Å². The summed E-state index contributed by atoms with van der Waals surface area (Å²) in [6.07, 6.45) is 0. The zero-order chi connectivity index (χ0) is 8.48. The molecule has 0 spiro atoms. The van der Waals surface area contributed by atoms with E-state index in [0.29, 0.717) is 4.34 Å². The fraction of sp³-hybridized carbons (Fsp3) is 0.429. The molecule has 3 N–H and O–H groups in total. The predicted molar refractivity (Wildman–Crippen MR) is 48.0 cm³/mol. The van der Waals surface area contributed by atoms with Crippen LogP contribution < -0.4 is 5.73 Å². The molecule has 4 heteroatoms. The lowest BCUT2D eigenvalue weighted by molar-refractivity contribution is 0.212. The first-order chi connectivity index (χ1) is 5.06. The van der Waals surface area contributed by atoms with Crippen molar-refractivity contribution in [3.8, 4) is 0 Å². The number of thiophene rings is 1. The van der Waals surface area contributed by atoms with E-state index in [1.54, 1.807) is 13.0 Å². The highest BCUT2D eigenvalue weighted by Gasteiger charge is 2.21. The summed E-state index contributed by atoms with van der Waals surface area (Å²) >= 11 is 7.10. The fourth-order valence-corrected chi connectivity index (χ4v) is 1.79. The molecule has 0 aliphatic heterocycles. The number of hydrogen-bond donors (Lipinski definition) is 2. The number of halogens is 1. The molecule has 0 saturated heterocycles. The van der Waals surface area contributed by atoms with Crippen molar-refractivity contribution in [2.75, 3.05) is 6.61 Å². The van der Waals surface area contributed by atoms with Gasteiger partial charge in [-0.15, -0.1) is 11.3 Å². The van der Waals surface area contributed by atoms with Crippen LogP contribution in [0.5, 0.6) is 0 Å². The lowest BCUT2D eigenvalue weighted by Gasteiger charge is -2.19. The van der Waals surface area contributed by atoms with Crippen LogP contribution >= 0.6 is 22.9 Å². The summed E-state index contributed by atoms with van der Waals surface area (Å²) in [5.41, 5.74) is 5.10. The minimum Gasteiger partial charge on any atom is -0.394 e. The molecule has 2 nitrogen and oxygen atoms in total. The van der Waals surface area contributed by atoms with E-state index in [4.69, 9.17) is 22.4 Å². The van der Waals surface area contributed by atoms with Gasteiger partial charge in [0.1, 0.15) is 0 Å². The largest absolute Gasteiger partial charge is 0.394 e. The van der Waals surface area contributed by atoms with E-state index < -0.39 is 5.54 Å². The second-order valence-corrected chi connectivity index (χ2v) is 4.39. The molecule has 11 heavy (non-hydrogen) atoms. The topological polar surface area (TPSA) is 46.2 Å². The quantitative estimate of drug-likeness (QED) is 0.746. The Labute approximate surface area is 74.6 Å². The molecule has 1 aromatic rings. The highest BCUT2D eigenvalue weighted by molar-refractivity contribution is 7.16. The Morgan fingerprint density at radius 3 is 2.73 bits per heavy atom. The highest BCUT2D eigenvalue weighted by atomic mass is 35.5. The predicted octanol–water partition coefficient (Wildman–Crippen LogP) is 1.57. The molecule has 1 aromatic heterocycles. The van der Waals surface area contributed by atoms with Gasteiger partial charge in [-0.3, -0.25) is 0 Å². The summed E-state index contributed by atoms with van der Waals surface area (Å²) in [6, 6.07) is 3.62. The summed E-state index contributed by atoms with van der Waals surface area (Å²) in [6.45, 7) is 1.71. The summed E-state index contributed by atoms with van der Waals surface area (Å²) in [4.78, 5) is 0.907. The Morgan fingerprint density at radius 2 is 2.36 bits per heavy atom. The van der Waals surface area contributed by atoms with E-state index in [0.717, 1.165) is 4.88 Å². The van der Waals surface area contributed by atoms with Gasteiger partial charge >= 0.3 is 0 Å². The van der Waals surface area contributed by atoms with Crippen LogP contribution in [0.4, 0.5) is 0 Å². The molecule has 0 fully saturated rings. The zero-order valence-electron chi connectivity index (χ0n) is 6.17. The van der Waals surface area contributed by atoms with Crippen molar-refractivity contribution in [1.29, 1.82) is 0 Å². The van der Waals surface area contributed by atoms with E-state index >= 15 is 0 Å². The maximum Gasteiger partial charge on any atom is 0.0931 e. The van der Waals surface area contributed by atoms with Gasteiger partial charge in [-0.05, 0) is 19.1 Å². The second-order valence-electron chi connectivity index (χ2n) is 2.68. The number of hydrogen-bond acceptors (Lipinski definition) is 3. The third kappa shape index (κ3) is 1.93. The minimum atomic E-state index is -0.655. The first-order valence-corrected chi connectivity index (χ1v) is 4.41. The first kappa shape index (κ1) is 9.00. The summed E-state index contributed by atoms with van der Waals surface area (Å²) in [5, 5.41) is 8.90. The summed E-state index contributed by atoms with van der Waals surface area (Å²) < 4.78 is 0.699. The van der Waals surface area contributed by atoms with Crippen LogP contribution in [0.25, 0.3) is 0 Å². The fourth-order valence-electron chi connectivity index (χ4n) is 0.699. The molecule has 0 amide bonds. The van der Waals surface area contributed by atoms with Crippen molar-refractivity contribution >= 4 is 22.9 Å². The molecule has 0 aliphatic carbocycles. The summed E-state index contributed by atoms with van der Waals surface area (Å²) in [5.74, 6) is 0. The smallest absolute Gasteiger partial charge is 0.0931 e. The van der Waals surface area contributed by atoms with Crippen molar-refractivity contribution in [1.82, 2.24) is 0 Å². The van der Waals surface area contributed by atoms with Crippen molar-refractivity contribution in [2.45, 2.75) is 12.5 Å². The molecular weight excluding hydrogens is 182 g/mol. The van der Waals surface area contributed by atoms with E-state index in [1.165, 1.54) is 11.3 Å². The van der Waals surface area contributed by atoms with Crippen molar-refractivity contribution in [3.05, 3.63) is 21.3 Å². The van der Waals surface area contributed by atoms with Gasteiger partial charge in [0.15, 0.2) is 0 Å². The van der Waals surface area contributed by atoms with Gasteiger partial charge in [-0.2, -0.15) is 0 Å². The second kappa shape index (κ2) is 3.11. The highest BCUT2D eigenvalue weighted by Crippen LogP contribution is 2.28. The standard InChI is InChI=1S/C7H10ClNOS/c1-7(9,4-10)5-2-3-6(8)11-5/h2-3,10H,4,9H2,1H3. The minimum absolute atomic E-state index is 0.0656. The SMILES string of the molecule is CC(N)(CO)c1ccc(Cl)s1. The van der Waals surface area contributed by atoms with Crippen LogP contribution in [0.2, 0.25) is 4.34 Å². The zero-order valence-corrected chi connectivity index (χ0v) is 7.75. The van der Waals surface area contributed by atoms with Crippen LogP contribution in [-0.2, 0) is 5.54 Å². The molecule has 0 aliphatic rings. The lowest BCUT2D eigenvalue weighted by Crippen LogP contribution is -2.35. The van der Waals surface area contributed by atoms with Crippen LogP contribution in [0.15, 0.2) is 12.1 Å². The molecule has 1 unspecified atom stereocenters. The molecular formula is C7H10ClNOS. The average molecular weight is 192 g/mol. The Bertz CT molecular complexity index is 246.